The first-order valence-electron chi connectivity index (χ1n) is 7.31. The fraction of sp³-hybridized carbons (Fsp3) is 0.158. The lowest BCUT2D eigenvalue weighted by molar-refractivity contribution is 0.305. The Morgan fingerprint density at radius 1 is 1.29 bits per heavy atom. The molecular weight excluding hydrogens is 384 g/mol. The highest BCUT2D eigenvalue weighted by atomic mass is 79.9. The molecule has 0 spiro atoms. The van der Waals surface area contributed by atoms with Crippen LogP contribution in [0.25, 0.3) is 6.08 Å². The lowest BCUT2D eigenvalue weighted by atomic mass is 9.98. The fourth-order valence-corrected chi connectivity index (χ4v) is 2.64. The summed E-state index contributed by atoms with van der Waals surface area (Å²) in [4.78, 5) is 0.103. The molecule has 0 fully saturated rings. The average Bonchev–Trinajstić information content (AvgIpc) is 2.55. The van der Waals surface area contributed by atoms with Gasteiger partial charge in [-0.2, -0.15) is 5.26 Å². The molecule has 0 aliphatic carbocycles. The molecule has 2 rings (SSSR count). The Morgan fingerprint density at radius 2 is 1.96 bits per heavy atom. The third-order valence-electron chi connectivity index (χ3n) is 3.59. The van der Waals surface area contributed by atoms with E-state index in [1.807, 2.05) is 50.2 Å². The molecule has 0 aliphatic heterocycles. The first kappa shape index (κ1) is 18.2. The van der Waals surface area contributed by atoms with E-state index < -0.39 is 0 Å². The molecule has 2 N–H and O–H groups in total. The first-order valence-corrected chi connectivity index (χ1v) is 8.51. The zero-order chi connectivity index (χ0) is 17.7. The second-order valence-electron chi connectivity index (χ2n) is 5.41. The van der Waals surface area contributed by atoms with Crippen molar-refractivity contribution in [1.82, 2.24) is 0 Å². The van der Waals surface area contributed by atoms with E-state index in [1.165, 1.54) is 0 Å². The summed E-state index contributed by atoms with van der Waals surface area (Å²) in [6.07, 6.45) is 1.73. The van der Waals surface area contributed by atoms with Gasteiger partial charge in [-0.05, 0) is 60.9 Å². The SMILES string of the molecule is Cc1cc(C=C(C#N)C(N)=S)c(C)c(COc2ccc(Br)cc2)c1. The summed E-state index contributed by atoms with van der Waals surface area (Å²) in [6, 6.07) is 13.8. The first-order chi connectivity index (χ1) is 11.4. The summed E-state index contributed by atoms with van der Waals surface area (Å²) in [5.74, 6) is 0.803. The van der Waals surface area contributed by atoms with Crippen molar-refractivity contribution in [3.8, 4) is 11.8 Å². The number of ether oxygens (including phenoxy) is 1. The maximum absolute atomic E-state index is 9.15. The molecule has 0 saturated heterocycles. The van der Waals surface area contributed by atoms with E-state index in [0.717, 1.165) is 32.5 Å². The monoisotopic (exact) mass is 400 g/mol. The highest BCUT2D eigenvalue weighted by Crippen LogP contribution is 2.22. The van der Waals surface area contributed by atoms with E-state index in [4.69, 9.17) is 28.0 Å². The molecule has 2 aromatic rings. The fourth-order valence-electron chi connectivity index (χ4n) is 2.27. The van der Waals surface area contributed by atoms with Crippen LogP contribution in [-0.2, 0) is 6.61 Å². The number of nitrogens with two attached hydrogens (primary N) is 1. The van der Waals surface area contributed by atoms with Crippen molar-refractivity contribution in [2.45, 2.75) is 20.5 Å². The number of thiocarbonyl (C=S) groups is 1. The van der Waals surface area contributed by atoms with Crippen LogP contribution in [0.4, 0.5) is 0 Å². The molecule has 0 heterocycles. The second-order valence-corrected chi connectivity index (χ2v) is 6.77. The van der Waals surface area contributed by atoms with E-state index in [0.29, 0.717) is 12.2 Å². The van der Waals surface area contributed by atoms with Gasteiger partial charge in [-0.3, -0.25) is 0 Å². The minimum absolute atomic E-state index is 0.103. The number of benzene rings is 2. The van der Waals surface area contributed by atoms with Crippen LogP contribution in [0.2, 0.25) is 0 Å². The molecule has 24 heavy (non-hydrogen) atoms. The zero-order valence-electron chi connectivity index (χ0n) is 13.5. The molecular formula is C19H17BrN2OS. The number of rotatable bonds is 5. The minimum atomic E-state index is 0.103. The van der Waals surface area contributed by atoms with E-state index in [1.54, 1.807) is 6.08 Å². The van der Waals surface area contributed by atoms with Crippen molar-refractivity contribution in [2.24, 2.45) is 5.73 Å². The van der Waals surface area contributed by atoms with Gasteiger partial charge in [0.2, 0.25) is 0 Å². The molecule has 3 nitrogen and oxygen atoms in total. The Labute approximate surface area is 155 Å². The van der Waals surface area contributed by atoms with Crippen molar-refractivity contribution >= 4 is 39.2 Å². The predicted octanol–water partition coefficient (Wildman–Crippen LogP) is 4.84. The molecule has 0 radical (unpaired) electrons. The van der Waals surface area contributed by atoms with Gasteiger partial charge < -0.3 is 10.5 Å². The minimum Gasteiger partial charge on any atom is -0.489 e. The number of aryl methyl sites for hydroxylation is 1. The maximum atomic E-state index is 9.15. The topological polar surface area (TPSA) is 59.0 Å². The molecule has 122 valence electrons. The van der Waals surface area contributed by atoms with Gasteiger partial charge in [0.05, 0.1) is 5.57 Å². The average molecular weight is 401 g/mol. The van der Waals surface area contributed by atoms with Gasteiger partial charge in [-0.25, -0.2) is 0 Å². The van der Waals surface area contributed by atoms with Gasteiger partial charge in [0.25, 0.3) is 0 Å². The summed E-state index contributed by atoms with van der Waals surface area (Å²) in [7, 11) is 0. The third-order valence-corrected chi connectivity index (χ3v) is 4.34. The number of hydrogen-bond acceptors (Lipinski definition) is 3. The Bertz CT molecular complexity index is 836. The summed E-state index contributed by atoms with van der Waals surface area (Å²) in [6.45, 7) is 4.46. The molecule has 0 amide bonds. The molecule has 0 aromatic heterocycles. The van der Waals surface area contributed by atoms with Gasteiger partial charge in [0, 0.05) is 4.47 Å². The lowest BCUT2D eigenvalue weighted by Gasteiger charge is -2.13. The molecule has 5 heteroatoms. The van der Waals surface area contributed by atoms with Crippen molar-refractivity contribution in [2.75, 3.05) is 0 Å². The van der Waals surface area contributed by atoms with E-state index in [-0.39, 0.29) is 4.99 Å². The zero-order valence-corrected chi connectivity index (χ0v) is 15.9. The van der Waals surface area contributed by atoms with Crippen LogP contribution in [0.5, 0.6) is 5.75 Å². The quantitative estimate of drug-likeness (QED) is 0.443. The predicted molar refractivity (Wildman–Crippen MR) is 105 cm³/mol. The van der Waals surface area contributed by atoms with Crippen LogP contribution in [0.15, 0.2) is 46.4 Å². The maximum Gasteiger partial charge on any atom is 0.119 e. The Morgan fingerprint density at radius 3 is 2.54 bits per heavy atom. The van der Waals surface area contributed by atoms with E-state index in [2.05, 4.69) is 22.0 Å². The Kier molecular flexibility index (Phi) is 6.13. The van der Waals surface area contributed by atoms with Crippen LogP contribution in [0.3, 0.4) is 0 Å². The lowest BCUT2D eigenvalue weighted by Crippen LogP contribution is -2.10. The van der Waals surface area contributed by atoms with Crippen LogP contribution in [0, 0.1) is 25.2 Å². The van der Waals surface area contributed by atoms with Crippen LogP contribution in [-0.4, -0.2) is 4.99 Å². The molecule has 2 aromatic carbocycles. The number of nitriles is 1. The third kappa shape index (κ3) is 4.67. The second kappa shape index (κ2) is 8.09. The van der Waals surface area contributed by atoms with Crippen LogP contribution < -0.4 is 10.5 Å². The molecule has 0 bridgehead atoms. The van der Waals surface area contributed by atoms with E-state index >= 15 is 0 Å². The molecule has 0 unspecified atom stereocenters. The molecule has 0 saturated carbocycles. The molecule has 0 atom stereocenters. The van der Waals surface area contributed by atoms with Crippen LogP contribution >= 0.6 is 28.1 Å². The Balaban J connectivity index is 2.30. The molecule has 0 aliphatic rings. The number of nitrogens with zero attached hydrogens (tertiary/aromatic N) is 1. The van der Waals surface area contributed by atoms with Crippen molar-refractivity contribution in [3.05, 3.63) is 68.7 Å². The highest BCUT2D eigenvalue weighted by Gasteiger charge is 2.08. The largest absolute Gasteiger partial charge is 0.489 e. The summed E-state index contributed by atoms with van der Waals surface area (Å²) < 4.78 is 6.87. The standard InChI is InChI=1S/C19H17BrN2OS/c1-12-7-14(9-15(10-21)19(22)24)13(2)16(8-12)11-23-18-5-3-17(20)4-6-18/h3-9H,11H2,1-2H3,(H2,22,24). The van der Waals surface area contributed by atoms with Gasteiger partial charge >= 0.3 is 0 Å². The Hall–Kier alpha value is -2.16. The van der Waals surface area contributed by atoms with Crippen molar-refractivity contribution in [1.29, 1.82) is 5.26 Å². The highest BCUT2D eigenvalue weighted by molar-refractivity contribution is 9.10. The smallest absolute Gasteiger partial charge is 0.119 e. The number of halogens is 1. The van der Waals surface area contributed by atoms with Gasteiger partial charge in [0.15, 0.2) is 0 Å². The van der Waals surface area contributed by atoms with Gasteiger partial charge in [-0.1, -0.05) is 45.8 Å². The van der Waals surface area contributed by atoms with Crippen molar-refractivity contribution < 1.29 is 4.74 Å². The summed E-state index contributed by atoms with van der Waals surface area (Å²) in [5.41, 5.74) is 10.00. The summed E-state index contributed by atoms with van der Waals surface area (Å²) >= 11 is 8.31. The van der Waals surface area contributed by atoms with Gasteiger partial charge in [-0.15, -0.1) is 0 Å². The normalized spacial score (nSPS) is 11.0. The van der Waals surface area contributed by atoms with Crippen molar-refractivity contribution in [3.63, 3.8) is 0 Å². The van der Waals surface area contributed by atoms with Crippen LogP contribution in [0.1, 0.15) is 22.3 Å². The summed E-state index contributed by atoms with van der Waals surface area (Å²) in [5, 5.41) is 9.15. The van der Waals surface area contributed by atoms with Gasteiger partial charge in [0.1, 0.15) is 23.4 Å². The van der Waals surface area contributed by atoms with E-state index in [9.17, 15) is 0 Å². The number of hydrogen-bond donors (Lipinski definition) is 1.